The van der Waals surface area contributed by atoms with Gasteiger partial charge in [0.1, 0.15) is 0 Å². The predicted octanol–water partition coefficient (Wildman–Crippen LogP) is 2.11. The predicted molar refractivity (Wildman–Crippen MR) is 52.9 cm³/mol. The van der Waals surface area contributed by atoms with Crippen LogP contribution >= 0.6 is 11.8 Å². The van der Waals surface area contributed by atoms with Gasteiger partial charge in [0.15, 0.2) is 0 Å². The van der Waals surface area contributed by atoms with Crippen molar-refractivity contribution in [1.82, 2.24) is 0 Å². The molecule has 1 rings (SSSR count). The van der Waals surface area contributed by atoms with Gasteiger partial charge < -0.3 is 5.73 Å². The van der Waals surface area contributed by atoms with Crippen LogP contribution in [0.25, 0.3) is 0 Å². The van der Waals surface area contributed by atoms with Gasteiger partial charge in [0.25, 0.3) is 0 Å². The molecule has 0 amide bonds. The molecular formula is C9H19NS. The Morgan fingerprint density at radius 3 is 2.45 bits per heavy atom. The Kier molecular flexibility index (Phi) is 2.87. The number of thioether (sulfide) groups is 1. The molecule has 1 saturated heterocycles. The van der Waals surface area contributed by atoms with Crippen molar-refractivity contribution in [2.24, 2.45) is 17.1 Å². The molecule has 1 fully saturated rings. The first-order valence-corrected chi connectivity index (χ1v) is 5.50. The van der Waals surface area contributed by atoms with Crippen molar-refractivity contribution in [3.63, 3.8) is 0 Å². The Morgan fingerprint density at radius 2 is 2.09 bits per heavy atom. The van der Waals surface area contributed by atoms with Gasteiger partial charge in [-0.2, -0.15) is 11.8 Å². The van der Waals surface area contributed by atoms with E-state index in [9.17, 15) is 0 Å². The lowest BCUT2D eigenvalue weighted by Gasteiger charge is -2.31. The fourth-order valence-electron chi connectivity index (χ4n) is 1.54. The second-order valence-electron chi connectivity index (χ2n) is 4.52. The maximum atomic E-state index is 6.14. The molecule has 2 atom stereocenters. The van der Waals surface area contributed by atoms with Gasteiger partial charge in [-0.05, 0) is 29.3 Å². The van der Waals surface area contributed by atoms with Crippen molar-refractivity contribution in [1.29, 1.82) is 0 Å². The molecule has 0 bridgehead atoms. The summed E-state index contributed by atoms with van der Waals surface area (Å²) in [6.45, 7) is 6.71. The average molecular weight is 173 g/mol. The van der Waals surface area contributed by atoms with E-state index < -0.39 is 0 Å². The van der Waals surface area contributed by atoms with E-state index in [-0.39, 0.29) is 5.41 Å². The minimum absolute atomic E-state index is 0.287. The van der Waals surface area contributed by atoms with Crippen LogP contribution < -0.4 is 5.73 Å². The molecule has 0 radical (unpaired) electrons. The first-order chi connectivity index (χ1) is 5.02. The van der Waals surface area contributed by atoms with E-state index in [0.717, 1.165) is 5.92 Å². The molecule has 1 nitrogen and oxygen atoms in total. The SMILES string of the molecule is CC(C)(C)C(N)C1CCSC1. The molecular weight excluding hydrogens is 154 g/mol. The minimum atomic E-state index is 0.287. The van der Waals surface area contributed by atoms with E-state index in [2.05, 4.69) is 20.8 Å². The summed E-state index contributed by atoms with van der Waals surface area (Å²) in [4.78, 5) is 0. The molecule has 0 spiro atoms. The Labute approximate surface area is 74.1 Å². The normalized spacial score (nSPS) is 28.9. The van der Waals surface area contributed by atoms with Crippen molar-refractivity contribution in [3.8, 4) is 0 Å². The Bertz CT molecular complexity index is 122. The van der Waals surface area contributed by atoms with Gasteiger partial charge in [0.05, 0.1) is 0 Å². The minimum Gasteiger partial charge on any atom is -0.327 e. The third-order valence-electron chi connectivity index (χ3n) is 2.47. The quantitative estimate of drug-likeness (QED) is 0.657. The number of hydrogen-bond donors (Lipinski definition) is 1. The fraction of sp³-hybridized carbons (Fsp3) is 1.00. The highest BCUT2D eigenvalue weighted by Crippen LogP contribution is 2.32. The molecule has 1 aliphatic rings. The van der Waals surface area contributed by atoms with Gasteiger partial charge >= 0.3 is 0 Å². The summed E-state index contributed by atoms with van der Waals surface area (Å²) in [6, 6.07) is 0.387. The number of hydrogen-bond acceptors (Lipinski definition) is 2. The summed E-state index contributed by atoms with van der Waals surface area (Å²) in [5.41, 5.74) is 6.43. The molecule has 1 aliphatic heterocycles. The van der Waals surface area contributed by atoms with Gasteiger partial charge in [0.2, 0.25) is 0 Å². The second kappa shape index (κ2) is 3.36. The molecule has 0 aliphatic carbocycles. The van der Waals surface area contributed by atoms with Gasteiger partial charge in [-0.25, -0.2) is 0 Å². The Morgan fingerprint density at radius 1 is 1.45 bits per heavy atom. The molecule has 2 N–H and O–H groups in total. The number of rotatable bonds is 1. The molecule has 0 aromatic heterocycles. The first-order valence-electron chi connectivity index (χ1n) is 4.35. The van der Waals surface area contributed by atoms with Crippen LogP contribution in [0.2, 0.25) is 0 Å². The molecule has 0 saturated carbocycles. The van der Waals surface area contributed by atoms with Crippen LogP contribution in [-0.4, -0.2) is 17.5 Å². The van der Waals surface area contributed by atoms with Crippen LogP contribution in [0, 0.1) is 11.3 Å². The summed E-state index contributed by atoms with van der Waals surface area (Å²) >= 11 is 2.05. The van der Waals surface area contributed by atoms with Crippen LogP contribution in [0.15, 0.2) is 0 Å². The molecule has 2 heteroatoms. The summed E-state index contributed by atoms with van der Waals surface area (Å²) in [5.74, 6) is 3.35. The summed E-state index contributed by atoms with van der Waals surface area (Å²) in [5, 5.41) is 0. The van der Waals surface area contributed by atoms with Crippen molar-refractivity contribution in [3.05, 3.63) is 0 Å². The third kappa shape index (κ3) is 2.38. The maximum Gasteiger partial charge on any atom is 0.0124 e. The molecule has 11 heavy (non-hydrogen) atoms. The standard InChI is InChI=1S/C9H19NS/c1-9(2,3)8(10)7-4-5-11-6-7/h7-8H,4-6,10H2,1-3H3. The van der Waals surface area contributed by atoms with Gasteiger partial charge in [-0.15, -0.1) is 0 Å². The zero-order valence-electron chi connectivity index (χ0n) is 7.76. The topological polar surface area (TPSA) is 26.0 Å². The van der Waals surface area contributed by atoms with E-state index in [4.69, 9.17) is 5.73 Å². The van der Waals surface area contributed by atoms with E-state index in [1.54, 1.807) is 0 Å². The zero-order valence-corrected chi connectivity index (χ0v) is 8.58. The molecule has 66 valence electrons. The smallest absolute Gasteiger partial charge is 0.0124 e. The van der Waals surface area contributed by atoms with Crippen LogP contribution in [0.5, 0.6) is 0 Å². The fourth-order valence-corrected chi connectivity index (χ4v) is 2.86. The summed E-state index contributed by atoms with van der Waals surface area (Å²) in [7, 11) is 0. The Balaban J connectivity index is 2.46. The van der Waals surface area contributed by atoms with Crippen molar-refractivity contribution < 1.29 is 0 Å². The number of nitrogens with two attached hydrogens (primary N) is 1. The largest absolute Gasteiger partial charge is 0.327 e. The van der Waals surface area contributed by atoms with Gasteiger partial charge in [-0.1, -0.05) is 20.8 Å². The van der Waals surface area contributed by atoms with Crippen LogP contribution in [0.3, 0.4) is 0 Å². The third-order valence-corrected chi connectivity index (χ3v) is 3.66. The van der Waals surface area contributed by atoms with E-state index in [0.29, 0.717) is 6.04 Å². The lowest BCUT2D eigenvalue weighted by molar-refractivity contribution is 0.252. The maximum absolute atomic E-state index is 6.14. The highest BCUT2D eigenvalue weighted by Gasteiger charge is 2.30. The summed E-state index contributed by atoms with van der Waals surface area (Å²) in [6.07, 6.45) is 1.32. The molecule has 2 unspecified atom stereocenters. The summed E-state index contributed by atoms with van der Waals surface area (Å²) < 4.78 is 0. The van der Waals surface area contributed by atoms with Crippen molar-refractivity contribution in [2.45, 2.75) is 33.2 Å². The first kappa shape index (κ1) is 9.40. The monoisotopic (exact) mass is 173 g/mol. The molecule has 0 aromatic rings. The van der Waals surface area contributed by atoms with Gasteiger partial charge in [-0.3, -0.25) is 0 Å². The van der Waals surface area contributed by atoms with E-state index >= 15 is 0 Å². The highest BCUT2D eigenvalue weighted by atomic mass is 32.2. The Hall–Kier alpha value is 0.310. The van der Waals surface area contributed by atoms with Crippen LogP contribution in [-0.2, 0) is 0 Å². The average Bonchev–Trinajstić information content (AvgIpc) is 2.34. The van der Waals surface area contributed by atoms with Crippen LogP contribution in [0.1, 0.15) is 27.2 Å². The van der Waals surface area contributed by atoms with E-state index in [1.807, 2.05) is 11.8 Å². The second-order valence-corrected chi connectivity index (χ2v) is 5.67. The zero-order chi connectivity index (χ0) is 8.48. The van der Waals surface area contributed by atoms with Crippen LogP contribution in [0.4, 0.5) is 0 Å². The molecule has 0 aromatic carbocycles. The van der Waals surface area contributed by atoms with Crippen molar-refractivity contribution in [2.75, 3.05) is 11.5 Å². The van der Waals surface area contributed by atoms with Gasteiger partial charge in [0, 0.05) is 6.04 Å². The van der Waals surface area contributed by atoms with Crippen molar-refractivity contribution >= 4 is 11.8 Å². The lowest BCUT2D eigenvalue weighted by atomic mass is 9.79. The lowest BCUT2D eigenvalue weighted by Crippen LogP contribution is -2.41. The van der Waals surface area contributed by atoms with E-state index in [1.165, 1.54) is 17.9 Å². The molecule has 1 heterocycles. The highest BCUT2D eigenvalue weighted by molar-refractivity contribution is 7.99.